The molecule has 2 rings (SSSR count). The van der Waals surface area contributed by atoms with Crippen molar-refractivity contribution in [3.8, 4) is 0 Å². The molecule has 0 bridgehead atoms. The number of hydrogen-bond acceptors (Lipinski definition) is 3. The zero-order valence-corrected chi connectivity index (χ0v) is 10.5. The Labute approximate surface area is 106 Å². The van der Waals surface area contributed by atoms with Gasteiger partial charge in [-0.05, 0) is 32.0 Å². The quantitative estimate of drug-likeness (QED) is 0.876. The first kappa shape index (κ1) is 12.4. The SMILES string of the molecule is C[C@@H](Cc1ccco1)NC(=O)[C@H](C)n1cccn1. The number of amides is 1. The third kappa shape index (κ3) is 3.00. The molecule has 2 atom stereocenters. The minimum absolute atomic E-state index is 0.0293. The van der Waals surface area contributed by atoms with Crippen LogP contribution in [0.3, 0.4) is 0 Å². The molecular formula is C13H17N3O2. The van der Waals surface area contributed by atoms with Crippen LogP contribution < -0.4 is 5.32 Å². The van der Waals surface area contributed by atoms with Crippen LogP contribution in [0.5, 0.6) is 0 Å². The largest absolute Gasteiger partial charge is 0.469 e. The summed E-state index contributed by atoms with van der Waals surface area (Å²) in [6.07, 6.45) is 5.76. The Morgan fingerprint density at radius 3 is 2.94 bits per heavy atom. The second-order valence-corrected chi connectivity index (χ2v) is 4.36. The normalized spacial score (nSPS) is 14.1. The van der Waals surface area contributed by atoms with Crippen molar-refractivity contribution in [1.29, 1.82) is 0 Å². The van der Waals surface area contributed by atoms with Crippen LogP contribution in [0.2, 0.25) is 0 Å². The first-order valence-corrected chi connectivity index (χ1v) is 5.98. The van der Waals surface area contributed by atoms with E-state index in [2.05, 4.69) is 10.4 Å². The number of hydrogen-bond donors (Lipinski definition) is 1. The fourth-order valence-corrected chi connectivity index (χ4v) is 1.77. The molecule has 1 amide bonds. The third-order valence-electron chi connectivity index (χ3n) is 2.78. The van der Waals surface area contributed by atoms with Crippen molar-refractivity contribution in [3.05, 3.63) is 42.6 Å². The molecule has 0 spiro atoms. The van der Waals surface area contributed by atoms with Crippen molar-refractivity contribution in [2.75, 3.05) is 0 Å². The van der Waals surface area contributed by atoms with Crippen LogP contribution in [0, 0.1) is 0 Å². The van der Waals surface area contributed by atoms with Gasteiger partial charge in [-0.2, -0.15) is 5.10 Å². The number of aromatic nitrogens is 2. The summed E-state index contributed by atoms with van der Waals surface area (Å²) in [6.45, 7) is 3.78. The van der Waals surface area contributed by atoms with E-state index in [4.69, 9.17) is 4.42 Å². The first-order chi connectivity index (χ1) is 8.66. The second kappa shape index (κ2) is 5.53. The van der Waals surface area contributed by atoms with Crippen LogP contribution >= 0.6 is 0 Å². The maximum absolute atomic E-state index is 12.0. The van der Waals surface area contributed by atoms with E-state index in [0.29, 0.717) is 6.42 Å². The molecule has 18 heavy (non-hydrogen) atoms. The van der Waals surface area contributed by atoms with Gasteiger partial charge in [0.15, 0.2) is 0 Å². The minimum Gasteiger partial charge on any atom is -0.469 e. The van der Waals surface area contributed by atoms with Crippen LogP contribution in [0.25, 0.3) is 0 Å². The lowest BCUT2D eigenvalue weighted by Crippen LogP contribution is -2.38. The summed E-state index contributed by atoms with van der Waals surface area (Å²) in [7, 11) is 0. The van der Waals surface area contributed by atoms with E-state index in [-0.39, 0.29) is 18.0 Å². The summed E-state index contributed by atoms with van der Waals surface area (Å²) in [4.78, 5) is 12.0. The number of carbonyl (C=O) groups excluding carboxylic acids is 1. The second-order valence-electron chi connectivity index (χ2n) is 4.36. The molecule has 0 saturated heterocycles. The van der Waals surface area contributed by atoms with E-state index < -0.39 is 0 Å². The molecule has 96 valence electrons. The van der Waals surface area contributed by atoms with E-state index in [0.717, 1.165) is 5.76 Å². The van der Waals surface area contributed by atoms with Crippen molar-refractivity contribution in [2.24, 2.45) is 0 Å². The summed E-state index contributed by atoms with van der Waals surface area (Å²) >= 11 is 0. The highest BCUT2D eigenvalue weighted by Crippen LogP contribution is 2.07. The number of nitrogens with one attached hydrogen (secondary N) is 1. The topological polar surface area (TPSA) is 60.1 Å². The lowest BCUT2D eigenvalue weighted by molar-refractivity contribution is -0.124. The van der Waals surface area contributed by atoms with Crippen molar-refractivity contribution in [1.82, 2.24) is 15.1 Å². The Hall–Kier alpha value is -2.04. The summed E-state index contributed by atoms with van der Waals surface area (Å²) in [5.74, 6) is 0.826. The number of furan rings is 1. The average molecular weight is 247 g/mol. The number of nitrogens with zero attached hydrogens (tertiary/aromatic N) is 2. The average Bonchev–Trinajstić information content (AvgIpc) is 2.99. The smallest absolute Gasteiger partial charge is 0.244 e. The molecule has 5 heteroatoms. The third-order valence-corrected chi connectivity index (χ3v) is 2.78. The molecule has 5 nitrogen and oxygen atoms in total. The summed E-state index contributed by atoms with van der Waals surface area (Å²) in [5, 5.41) is 7.00. The standard InChI is InChI=1S/C13H17N3O2/c1-10(9-12-5-3-8-18-12)15-13(17)11(2)16-7-4-6-14-16/h3-8,10-11H,9H2,1-2H3,(H,15,17)/t10-,11-/m0/s1. The van der Waals surface area contributed by atoms with Gasteiger partial charge in [0.1, 0.15) is 11.8 Å². The summed E-state index contributed by atoms with van der Waals surface area (Å²) < 4.78 is 6.88. The molecule has 0 fully saturated rings. The highest BCUT2D eigenvalue weighted by molar-refractivity contribution is 5.80. The van der Waals surface area contributed by atoms with Gasteiger partial charge in [0, 0.05) is 24.9 Å². The minimum atomic E-state index is -0.306. The van der Waals surface area contributed by atoms with E-state index in [1.807, 2.05) is 26.0 Å². The fourth-order valence-electron chi connectivity index (χ4n) is 1.77. The monoisotopic (exact) mass is 247 g/mol. The maximum Gasteiger partial charge on any atom is 0.244 e. The zero-order chi connectivity index (χ0) is 13.0. The molecule has 0 aliphatic rings. The Bertz CT molecular complexity index is 476. The molecule has 0 aliphatic heterocycles. The Kier molecular flexibility index (Phi) is 3.82. The molecule has 0 saturated carbocycles. The van der Waals surface area contributed by atoms with Gasteiger partial charge in [-0.3, -0.25) is 9.48 Å². The first-order valence-electron chi connectivity index (χ1n) is 5.98. The molecular weight excluding hydrogens is 230 g/mol. The molecule has 0 unspecified atom stereocenters. The van der Waals surface area contributed by atoms with Gasteiger partial charge >= 0.3 is 0 Å². The van der Waals surface area contributed by atoms with Gasteiger partial charge < -0.3 is 9.73 Å². The molecule has 0 radical (unpaired) electrons. The lowest BCUT2D eigenvalue weighted by Gasteiger charge is -2.17. The van der Waals surface area contributed by atoms with Gasteiger partial charge in [0.2, 0.25) is 5.91 Å². The van der Waals surface area contributed by atoms with E-state index in [1.165, 1.54) is 0 Å². The summed E-state index contributed by atoms with van der Waals surface area (Å²) in [5.41, 5.74) is 0. The van der Waals surface area contributed by atoms with Crippen molar-refractivity contribution >= 4 is 5.91 Å². The number of carbonyl (C=O) groups is 1. The van der Waals surface area contributed by atoms with Crippen LogP contribution in [0.1, 0.15) is 25.6 Å². The van der Waals surface area contributed by atoms with Crippen molar-refractivity contribution < 1.29 is 9.21 Å². The Morgan fingerprint density at radius 1 is 1.50 bits per heavy atom. The van der Waals surface area contributed by atoms with Crippen molar-refractivity contribution in [2.45, 2.75) is 32.4 Å². The van der Waals surface area contributed by atoms with Gasteiger partial charge in [0.05, 0.1) is 6.26 Å². The molecule has 2 heterocycles. The lowest BCUT2D eigenvalue weighted by atomic mass is 10.2. The zero-order valence-electron chi connectivity index (χ0n) is 10.5. The van der Waals surface area contributed by atoms with E-state index in [9.17, 15) is 4.79 Å². The summed E-state index contributed by atoms with van der Waals surface area (Å²) in [6, 6.07) is 5.27. The van der Waals surface area contributed by atoms with Crippen molar-refractivity contribution in [3.63, 3.8) is 0 Å². The highest BCUT2D eigenvalue weighted by Gasteiger charge is 2.17. The Balaban J connectivity index is 1.87. The van der Waals surface area contributed by atoms with Gasteiger partial charge in [-0.15, -0.1) is 0 Å². The van der Waals surface area contributed by atoms with Gasteiger partial charge in [0.25, 0.3) is 0 Å². The number of rotatable bonds is 5. The van der Waals surface area contributed by atoms with Crippen LogP contribution in [-0.2, 0) is 11.2 Å². The molecule has 2 aromatic heterocycles. The highest BCUT2D eigenvalue weighted by atomic mass is 16.3. The molecule has 0 aromatic carbocycles. The van der Waals surface area contributed by atoms with Gasteiger partial charge in [-0.25, -0.2) is 0 Å². The van der Waals surface area contributed by atoms with Crippen LogP contribution in [0.15, 0.2) is 41.3 Å². The molecule has 2 aromatic rings. The fraction of sp³-hybridized carbons (Fsp3) is 0.385. The van der Waals surface area contributed by atoms with Crippen LogP contribution in [-0.4, -0.2) is 21.7 Å². The maximum atomic E-state index is 12.0. The molecule has 1 N–H and O–H groups in total. The van der Waals surface area contributed by atoms with Gasteiger partial charge in [-0.1, -0.05) is 0 Å². The van der Waals surface area contributed by atoms with E-state index >= 15 is 0 Å². The predicted octanol–water partition coefficient (Wildman–Crippen LogP) is 1.78. The Morgan fingerprint density at radius 2 is 2.33 bits per heavy atom. The predicted molar refractivity (Wildman–Crippen MR) is 67.0 cm³/mol. The molecule has 0 aliphatic carbocycles. The van der Waals surface area contributed by atoms with E-state index in [1.54, 1.807) is 29.4 Å². The van der Waals surface area contributed by atoms with Crippen LogP contribution in [0.4, 0.5) is 0 Å².